The number of carboxylic acid groups (broad SMARTS) is 2. The standard InChI is InChI=1S/C9H12O.C5H4O2.CH2O3/c1-2-9(10)8-6-4-3-5-7-8;6-5-3-1-2-4-7-5;2-1(3)4/h3-7,9-10H,2H2,1H3;1-4H;(H2,2,3,4). The van der Waals surface area contributed by atoms with Crippen LogP contribution in [0.2, 0.25) is 0 Å². The van der Waals surface area contributed by atoms with E-state index in [2.05, 4.69) is 4.42 Å². The van der Waals surface area contributed by atoms with Gasteiger partial charge in [0, 0.05) is 6.07 Å². The summed E-state index contributed by atoms with van der Waals surface area (Å²) < 4.78 is 4.37. The summed E-state index contributed by atoms with van der Waals surface area (Å²) in [5.74, 6) is 0. The van der Waals surface area contributed by atoms with Gasteiger partial charge in [0.2, 0.25) is 0 Å². The van der Waals surface area contributed by atoms with Crippen molar-refractivity contribution in [3.63, 3.8) is 0 Å². The van der Waals surface area contributed by atoms with Crippen LogP contribution in [0.1, 0.15) is 25.0 Å². The molecule has 2 aromatic rings. The summed E-state index contributed by atoms with van der Waals surface area (Å²) in [7, 11) is 0. The Hall–Kier alpha value is -2.60. The fourth-order valence-corrected chi connectivity index (χ4v) is 1.24. The molecule has 0 aliphatic heterocycles. The number of carbonyl (C=O) groups is 1. The smallest absolute Gasteiger partial charge is 0.450 e. The quantitative estimate of drug-likeness (QED) is 0.785. The highest BCUT2D eigenvalue weighted by Gasteiger charge is 2.00. The molecule has 1 heterocycles. The van der Waals surface area contributed by atoms with Gasteiger partial charge < -0.3 is 19.7 Å². The molecule has 3 N–H and O–H groups in total. The minimum atomic E-state index is -1.83. The lowest BCUT2D eigenvalue weighted by Gasteiger charge is -2.05. The van der Waals surface area contributed by atoms with Gasteiger partial charge in [-0.1, -0.05) is 43.3 Å². The lowest BCUT2D eigenvalue weighted by atomic mass is 10.1. The van der Waals surface area contributed by atoms with Crippen LogP contribution in [0.3, 0.4) is 0 Å². The highest BCUT2D eigenvalue weighted by Crippen LogP contribution is 2.14. The molecule has 0 spiro atoms. The van der Waals surface area contributed by atoms with Crippen molar-refractivity contribution in [1.29, 1.82) is 0 Å². The zero-order chi connectivity index (χ0) is 16.1. The Morgan fingerprint density at radius 1 is 1.10 bits per heavy atom. The first-order chi connectivity index (χ1) is 9.97. The van der Waals surface area contributed by atoms with Gasteiger partial charge in [-0.05, 0) is 18.1 Å². The Bertz CT molecular complexity index is 528. The molecule has 2 rings (SSSR count). The maximum absolute atomic E-state index is 10.1. The molecule has 0 fully saturated rings. The van der Waals surface area contributed by atoms with E-state index in [1.165, 1.54) is 12.3 Å². The van der Waals surface area contributed by atoms with E-state index in [1.807, 2.05) is 37.3 Å². The minimum absolute atomic E-state index is 0.291. The van der Waals surface area contributed by atoms with Crippen molar-refractivity contribution in [2.75, 3.05) is 0 Å². The zero-order valence-corrected chi connectivity index (χ0v) is 11.5. The maximum atomic E-state index is 10.1. The monoisotopic (exact) mass is 294 g/mol. The van der Waals surface area contributed by atoms with Crippen molar-refractivity contribution in [2.24, 2.45) is 0 Å². The van der Waals surface area contributed by atoms with E-state index in [0.29, 0.717) is 0 Å². The van der Waals surface area contributed by atoms with Crippen LogP contribution >= 0.6 is 0 Å². The molecule has 0 aliphatic rings. The Balaban J connectivity index is 0.000000317. The predicted octanol–water partition coefficient (Wildman–Crippen LogP) is 2.99. The number of rotatable bonds is 2. The Kier molecular flexibility index (Phi) is 9.85. The molecule has 1 aromatic heterocycles. The van der Waals surface area contributed by atoms with E-state index >= 15 is 0 Å². The summed E-state index contributed by atoms with van der Waals surface area (Å²) in [5.41, 5.74) is 0.701. The van der Waals surface area contributed by atoms with Crippen molar-refractivity contribution >= 4 is 6.16 Å². The van der Waals surface area contributed by atoms with E-state index in [4.69, 9.17) is 15.0 Å². The van der Waals surface area contributed by atoms with Crippen LogP contribution in [0, 0.1) is 0 Å². The molecule has 0 saturated heterocycles. The van der Waals surface area contributed by atoms with Crippen molar-refractivity contribution in [3.8, 4) is 0 Å². The lowest BCUT2D eigenvalue weighted by Crippen LogP contribution is -1.93. The van der Waals surface area contributed by atoms with E-state index in [9.17, 15) is 9.90 Å². The topological polar surface area (TPSA) is 108 Å². The van der Waals surface area contributed by atoms with Gasteiger partial charge in [-0.25, -0.2) is 9.59 Å². The third-order valence-electron chi connectivity index (χ3n) is 2.18. The van der Waals surface area contributed by atoms with Gasteiger partial charge in [-0.2, -0.15) is 0 Å². The van der Waals surface area contributed by atoms with Crippen LogP contribution < -0.4 is 5.63 Å². The molecule has 6 heteroatoms. The highest BCUT2D eigenvalue weighted by atomic mass is 16.6. The first-order valence-corrected chi connectivity index (χ1v) is 6.16. The Morgan fingerprint density at radius 2 is 1.62 bits per heavy atom. The van der Waals surface area contributed by atoms with E-state index < -0.39 is 6.16 Å². The zero-order valence-electron chi connectivity index (χ0n) is 11.5. The summed E-state index contributed by atoms with van der Waals surface area (Å²) in [6, 6.07) is 14.4. The van der Waals surface area contributed by atoms with Crippen LogP contribution in [0.5, 0.6) is 0 Å². The fourth-order valence-electron chi connectivity index (χ4n) is 1.24. The third kappa shape index (κ3) is 11.0. The van der Waals surface area contributed by atoms with Gasteiger partial charge in [0.25, 0.3) is 0 Å². The van der Waals surface area contributed by atoms with Gasteiger partial charge in [-0.3, -0.25) is 0 Å². The summed E-state index contributed by atoms with van der Waals surface area (Å²) in [6.45, 7) is 1.97. The molecule has 1 aromatic carbocycles. The molecule has 1 atom stereocenters. The minimum Gasteiger partial charge on any atom is -0.450 e. The van der Waals surface area contributed by atoms with E-state index in [-0.39, 0.29) is 11.7 Å². The number of hydrogen-bond acceptors (Lipinski definition) is 4. The van der Waals surface area contributed by atoms with E-state index in [0.717, 1.165) is 12.0 Å². The lowest BCUT2D eigenvalue weighted by molar-refractivity contribution is 0.137. The van der Waals surface area contributed by atoms with E-state index in [1.54, 1.807) is 12.1 Å². The van der Waals surface area contributed by atoms with Crippen molar-refractivity contribution in [2.45, 2.75) is 19.4 Å². The number of hydrogen-bond donors (Lipinski definition) is 3. The largest absolute Gasteiger partial charge is 0.503 e. The molecular formula is C15H18O6. The molecule has 6 nitrogen and oxygen atoms in total. The molecule has 0 radical (unpaired) electrons. The van der Waals surface area contributed by atoms with Gasteiger partial charge >= 0.3 is 11.8 Å². The van der Waals surface area contributed by atoms with Crippen LogP contribution in [-0.2, 0) is 0 Å². The second-order valence-corrected chi connectivity index (χ2v) is 3.74. The predicted molar refractivity (Wildman–Crippen MR) is 77.3 cm³/mol. The van der Waals surface area contributed by atoms with Crippen molar-refractivity contribution in [1.82, 2.24) is 0 Å². The Labute approximate surface area is 121 Å². The maximum Gasteiger partial charge on any atom is 0.503 e. The molecule has 0 saturated carbocycles. The summed E-state index contributed by atoms with van der Waals surface area (Å²) in [5, 5.41) is 23.3. The third-order valence-corrected chi connectivity index (χ3v) is 2.18. The van der Waals surface area contributed by atoms with Crippen LogP contribution in [0.4, 0.5) is 4.79 Å². The number of benzene rings is 1. The highest BCUT2D eigenvalue weighted by molar-refractivity contribution is 5.53. The SMILES string of the molecule is CCC(O)c1ccccc1.O=C(O)O.O=c1cccco1. The van der Waals surface area contributed by atoms with Crippen molar-refractivity contribution in [3.05, 3.63) is 70.8 Å². The molecule has 0 bridgehead atoms. The molecule has 0 amide bonds. The average molecular weight is 294 g/mol. The molecule has 114 valence electrons. The van der Waals surface area contributed by atoms with Gasteiger partial charge in [0.15, 0.2) is 0 Å². The molecule has 1 unspecified atom stereocenters. The fraction of sp³-hybridized carbons (Fsp3) is 0.200. The van der Waals surface area contributed by atoms with Gasteiger partial charge in [-0.15, -0.1) is 0 Å². The average Bonchev–Trinajstić information content (AvgIpc) is 2.48. The first kappa shape index (κ1) is 18.4. The second-order valence-electron chi connectivity index (χ2n) is 3.74. The molecule has 21 heavy (non-hydrogen) atoms. The number of aliphatic hydroxyl groups excluding tert-OH is 1. The molecule has 0 aliphatic carbocycles. The summed E-state index contributed by atoms with van der Waals surface area (Å²) in [6.07, 6.45) is 0.00741. The second kappa shape index (κ2) is 11.2. The number of aliphatic hydroxyl groups is 1. The summed E-state index contributed by atoms with van der Waals surface area (Å²) in [4.78, 5) is 18.7. The van der Waals surface area contributed by atoms with Crippen LogP contribution in [-0.4, -0.2) is 21.5 Å². The summed E-state index contributed by atoms with van der Waals surface area (Å²) >= 11 is 0. The Morgan fingerprint density at radius 3 is 1.95 bits per heavy atom. The normalized spacial score (nSPS) is 10.2. The van der Waals surface area contributed by atoms with Gasteiger partial charge in [0.05, 0.1) is 12.4 Å². The first-order valence-electron chi connectivity index (χ1n) is 6.16. The molecular weight excluding hydrogens is 276 g/mol. The van der Waals surface area contributed by atoms with Gasteiger partial charge in [0.1, 0.15) is 0 Å². The van der Waals surface area contributed by atoms with Crippen LogP contribution in [0.25, 0.3) is 0 Å². The van der Waals surface area contributed by atoms with Crippen molar-refractivity contribution < 1.29 is 24.5 Å². The van der Waals surface area contributed by atoms with Crippen LogP contribution in [0.15, 0.2) is 64.0 Å².